The van der Waals surface area contributed by atoms with Crippen LogP contribution in [0.1, 0.15) is 51.7 Å². The summed E-state index contributed by atoms with van der Waals surface area (Å²) < 4.78 is 4.39. The first kappa shape index (κ1) is 15.4. The van der Waals surface area contributed by atoms with E-state index in [1.807, 2.05) is 11.8 Å². The smallest absolute Gasteiger partial charge is 0.0893 e. The van der Waals surface area contributed by atoms with Crippen LogP contribution in [0.2, 0.25) is 0 Å². The van der Waals surface area contributed by atoms with Crippen LogP contribution in [0.3, 0.4) is 0 Å². The maximum atomic E-state index is 3.53. The van der Waals surface area contributed by atoms with Gasteiger partial charge in [-0.25, -0.2) is 0 Å². The highest BCUT2D eigenvalue weighted by Gasteiger charge is 2.46. The van der Waals surface area contributed by atoms with E-state index in [0.717, 1.165) is 0 Å². The lowest BCUT2D eigenvalue weighted by Crippen LogP contribution is -2.35. The van der Waals surface area contributed by atoms with Gasteiger partial charge >= 0.3 is 11.7 Å². The summed E-state index contributed by atoms with van der Waals surface area (Å²) in [5.74, 6) is 0. The molecule has 25 heavy (non-hydrogen) atoms. The van der Waals surface area contributed by atoms with Gasteiger partial charge in [0, 0.05) is 12.1 Å². The largest absolute Gasteiger partial charge is 0.496 e. The van der Waals surface area contributed by atoms with Crippen molar-refractivity contribution in [1.82, 2.24) is 4.58 Å². The van der Waals surface area contributed by atoms with Crippen molar-refractivity contribution >= 4 is 34.8 Å². The Balaban J connectivity index is 1.86. The first-order chi connectivity index (χ1) is 11.8. The molecule has 2 aromatic carbocycles. The van der Waals surface area contributed by atoms with E-state index in [0.29, 0.717) is 0 Å². The second-order valence-corrected chi connectivity index (χ2v) is 9.88. The number of benzene rings is 2. The van der Waals surface area contributed by atoms with Crippen molar-refractivity contribution in [3.63, 3.8) is 0 Å². The number of hydrogen-bond donors (Lipinski definition) is 0. The lowest BCUT2D eigenvalue weighted by molar-refractivity contribution is -0.394. The van der Waals surface area contributed by atoms with Crippen molar-refractivity contribution in [2.75, 3.05) is 7.05 Å². The molecule has 2 nitrogen and oxygen atoms in total. The zero-order valence-corrected chi connectivity index (χ0v) is 16.4. The van der Waals surface area contributed by atoms with E-state index in [4.69, 9.17) is 0 Å². The van der Waals surface area contributed by atoms with E-state index in [9.17, 15) is 0 Å². The fraction of sp³-hybridized carbons (Fsp3) is 0.409. The molecule has 0 saturated carbocycles. The lowest BCUT2D eigenvalue weighted by Gasteiger charge is -2.43. The average molecular weight is 349 g/mol. The van der Waals surface area contributed by atoms with Gasteiger partial charge in [-0.15, -0.1) is 0 Å². The van der Waals surface area contributed by atoms with Crippen LogP contribution in [-0.4, -0.2) is 17.6 Å². The Morgan fingerprint density at radius 1 is 0.960 bits per heavy atom. The van der Waals surface area contributed by atoms with Crippen LogP contribution in [0.5, 0.6) is 0 Å². The van der Waals surface area contributed by atoms with Gasteiger partial charge in [-0.1, -0.05) is 56.2 Å². The number of hydrogen-bond acceptors (Lipinski definition) is 1. The van der Waals surface area contributed by atoms with Gasteiger partial charge in [-0.05, 0) is 45.4 Å². The summed E-state index contributed by atoms with van der Waals surface area (Å²) in [4.78, 5) is 2.78. The fourth-order valence-corrected chi connectivity index (χ4v) is 6.01. The quantitative estimate of drug-likeness (QED) is 0.466. The Hall–Kier alpha value is -1.83. The van der Waals surface area contributed by atoms with Crippen LogP contribution in [0.4, 0.5) is 17.1 Å². The summed E-state index contributed by atoms with van der Waals surface area (Å²) in [5, 5.41) is 0. The molecule has 0 N–H and O–H groups in total. The zero-order chi connectivity index (χ0) is 17.6. The Kier molecular flexibility index (Phi) is 2.88. The minimum Gasteiger partial charge on any atom is -0.0893 e. The van der Waals surface area contributed by atoms with E-state index in [-0.39, 0.29) is 10.8 Å². The molecule has 5 rings (SSSR count). The molecule has 0 radical (unpaired) electrons. The van der Waals surface area contributed by atoms with Crippen LogP contribution >= 0.6 is 11.8 Å². The summed E-state index contributed by atoms with van der Waals surface area (Å²) in [6.45, 7) is 9.62. The molecule has 2 aromatic rings. The Morgan fingerprint density at radius 2 is 1.72 bits per heavy atom. The van der Waals surface area contributed by atoms with E-state index in [2.05, 4.69) is 80.2 Å². The van der Waals surface area contributed by atoms with Crippen LogP contribution < -0.4 is 4.58 Å². The van der Waals surface area contributed by atoms with E-state index in [1.165, 1.54) is 45.3 Å². The summed E-state index contributed by atoms with van der Waals surface area (Å²) in [6.07, 6.45) is 2.49. The predicted molar refractivity (Wildman–Crippen MR) is 105 cm³/mol. The van der Waals surface area contributed by atoms with Gasteiger partial charge in [0.15, 0.2) is 7.05 Å². The van der Waals surface area contributed by atoms with Crippen LogP contribution in [0, 0.1) is 0 Å². The standard InChI is InChI=1S/C22H24N2S/c1-21(2)11-12-22(3,4)18-14(21)9-10-16-20(18)25-17-8-6-7-15-19(17)24(16)13-23(15)5/h6-10H,11-12H2,1-5H3/q+2. The molecule has 2 aliphatic heterocycles. The van der Waals surface area contributed by atoms with Crippen LogP contribution in [0.15, 0.2) is 40.1 Å². The van der Waals surface area contributed by atoms with Crippen molar-refractivity contribution in [3.8, 4) is 0 Å². The zero-order valence-electron chi connectivity index (χ0n) is 15.6. The van der Waals surface area contributed by atoms with Crippen LogP contribution in [-0.2, 0) is 10.8 Å². The highest BCUT2D eigenvalue weighted by molar-refractivity contribution is 7.99. The third-order valence-corrected chi connectivity index (χ3v) is 7.35. The predicted octanol–water partition coefficient (Wildman–Crippen LogP) is 5.80. The second kappa shape index (κ2) is 4.66. The number of nitrogens with zero attached hydrogens (tertiary/aromatic N) is 2. The second-order valence-electron chi connectivity index (χ2n) is 8.82. The van der Waals surface area contributed by atoms with Gasteiger partial charge in [0.05, 0.1) is 9.79 Å². The van der Waals surface area contributed by atoms with Gasteiger partial charge in [-0.2, -0.15) is 0 Å². The monoisotopic (exact) mass is 348 g/mol. The van der Waals surface area contributed by atoms with Crippen molar-refractivity contribution in [1.29, 1.82) is 0 Å². The van der Waals surface area contributed by atoms with Crippen molar-refractivity contribution in [2.24, 2.45) is 0 Å². The van der Waals surface area contributed by atoms with Gasteiger partial charge < -0.3 is 0 Å². The number of rotatable bonds is 0. The highest BCUT2D eigenvalue weighted by atomic mass is 32.2. The Morgan fingerprint density at radius 3 is 2.52 bits per heavy atom. The van der Waals surface area contributed by atoms with E-state index < -0.39 is 0 Å². The van der Waals surface area contributed by atoms with Gasteiger partial charge in [0.2, 0.25) is 5.69 Å². The molecular formula is C22H24N2S+2. The first-order valence-corrected chi connectivity index (χ1v) is 9.90. The Labute approximate surface area is 153 Å². The molecule has 3 aliphatic rings. The normalized spacial score (nSPS) is 21.0. The van der Waals surface area contributed by atoms with Crippen LogP contribution in [0.25, 0.3) is 0 Å². The lowest BCUT2D eigenvalue weighted by atomic mass is 9.63. The molecule has 0 amide bonds. The van der Waals surface area contributed by atoms with Crippen molar-refractivity contribution in [2.45, 2.75) is 61.2 Å². The molecule has 0 aromatic heterocycles. The molecule has 2 heterocycles. The summed E-state index contributed by atoms with van der Waals surface area (Å²) in [7, 11) is 2.09. The van der Waals surface area contributed by atoms with Gasteiger partial charge in [0.25, 0.3) is 5.69 Å². The maximum absolute atomic E-state index is 3.53. The van der Waals surface area contributed by atoms with Gasteiger partial charge in [-0.3, -0.25) is 0 Å². The molecule has 0 unspecified atom stereocenters. The van der Waals surface area contributed by atoms with E-state index in [1.54, 1.807) is 5.56 Å². The highest BCUT2D eigenvalue weighted by Crippen LogP contribution is 2.57. The third kappa shape index (κ3) is 1.94. The first-order valence-electron chi connectivity index (χ1n) is 9.09. The topological polar surface area (TPSA) is 6.02 Å². The molecule has 0 atom stereocenters. The van der Waals surface area contributed by atoms with Gasteiger partial charge in [0.1, 0.15) is 0 Å². The van der Waals surface area contributed by atoms with E-state index >= 15 is 0 Å². The summed E-state index contributed by atoms with van der Waals surface area (Å²) in [6, 6.07) is 14.8. The molecule has 0 saturated heterocycles. The average Bonchev–Trinajstić information content (AvgIpc) is 2.90. The molecular weight excluding hydrogens is 324 g/mol. The molecule has 3 heteroatoms. The molecule has 126 valence electrons. The summed E-state index contributed by atoms with van der Waals surface area (Å²) >= 11 is 1.95. The maximum Gasteiger partial charge on any atom is 0.496 e. The van der Waals surface area contributed by atoms with Crippen molar-refractivity contribution in [3.05, 3.63) is 41.5 Å². The third-order valence-electron chi connectivity index (χ3n) is 6.18. The molecule has 0 bridgehead atoms. The summed E-state index contributed by atoms with van der Waals surface area (Å²) in [5.41, 5.74) is 7.37. The fourth-order valence-electron chi connectivity index (χ4n) is 4.60. The molecule has 1 aliphatic carbocycles. The number of para-hydroxylation sites is 1. The Bertz CT molecular complexity index is 1020. The minimum atomic E-state index is 0.212. The van der Waals surface area contributed by atoms with Crippen molar-refractivity contribution < 1.29 is 4.58 Å². The SMILES string of the molecule is C[N+]1=C=[N+]2c3ccc4c(c3Sc3cccc1c32)C(C)(C)CCC4(C)C. The molecule has 0 spiro atoms. The number of fused-ring (bicyclic) bond motifs is 4. The minimum absolute atomic E-state index is 0.212. The molecule has 0 fully saturated rings.